The monoisotopic (exact) mass is 633 g/mol. The van der Waals surface area contributed by atoms with Crippen molar-refractivity contribution in [1.29, 1.82) is 0 Å². The van der Waals surface area contributed by atoms with Crippen molar-refractivity contribution in [3.63, 3.8) is 0 Å². The molecule has 5 aromatic rings. The van der Waals surface area contributed by atoms with E-state index in [0.29, 0.717) is 11.1 Å². The number of aromatic hydroxyl groups is 1. The van der Waals surface area contributed by atoms with Crippen LogP contribution < -0.4 is 0 Å². The third kappa shape index (κ3) is 7.30. The van der Waals surface area contributed by atoms with Crippen LogP contribution >= 0.6 is 0 Å². The van der Waals surface area contributed by atoms with Gasteiger partial charge in [-0.15, -0.1) is 0 Å². The van der Waals surface area contributed by atoms with Crippen LogP contribution in [0.1, 0.15) is 120 Å². The predicted octanol–water partition coefficient (Wildman–Crippen LogP) is 13.0. The molecule has 0 amide bonds. The van der Waals surface area contributed by atoms with Crippen LogP contribution in [-0.2, 0) is 16.2 Å². The summed E-state index contributed by atoms with van der Waals surface area (Å²) in [5.41, 5.74) is 8.04. The minimum absolute atomic E-state index is 0.0222. The first-order valence-electron chi connectivity index (χ1n) is 17.2. The summed E-state index contributed by atoms with van der Waals surface area (Å²) in [6.45, 7) is 29.6. The second kappa shape index (κ2) is 11.5. The van der Waals surface area contributed by atoms with Gasteiger partial charge in [-0.3, -0.25) is 0 Å². The van der Waals surface area contributed by atoms with Gasteiger partial charge in [-0.25, -0.2) is 4.39 Å². The summed E-state index contributed by atoms with van der Waals surface area (Å²) >= 11 is 0. The van der Waals surface area contributed by atoms with E-state index in [1.807, 2.05) is 18.2 Å². The number of phenolic OH excluding ortho intramolecular Hbond substituents is 1. The van der Waals surface area contributed by atoms with Crippen molar-refractivity contribution in [2.24, 2.45) is 10.8 Å². The average Bonchev–Trinajstić information content (AvgIpc) is 3.23. The van der Waals surface area contributed by atoms with Crippen LogP contribution in [0.3, 0.4) is 0 Å². The van der Waals surface area contributed by atoms with Gasteiger partial charge in [0, 0.05) is 22.0 Å². The van der Waals surface area contributed by atoms with Crippen molar-refractivity contribution in [3.05, 3.63) is 95.3 Å². The Hall–Kier alpha value is -3.59. The lowest BCUT2D eigenvalue weighted by Crippen LogP contribution is -2.24. The lowest BCUT2D eigenvalue weighted by molar-refractivity contribution is 0.283. The fourth-order valence-corrected chi connectivity index (χ4v) is 8.09. The molecule has 1 heterocycles. The van der Waals surface area contributed by atoms with Crippen LogP contribution in [0.2, 0.25) is 0 Å². The normalized spacial score (nSPS) is 13.6. The van der Waals surface area contributed by atoms with Crippen molar-refractivity contribution in [3.8, 4) is 22.6 Å². The molecule has 0 aliphatic heterocycles. The molecule has 0 saturated heterocycles. The quantitative estimate of drug-likeness (QED) is 0.198. The Morgan fingerprint density at radius 1 is 0.553 bits per heavy atom. The number of hydrogen-bond acceptors (Lipinski definition) is 1. The summed E-state index contributed by atoms with van der Waals surface area (Å²) in [5.74, 6) is -0.188. The second-order valence-electron chi connectivity index (χ2n) is 18.7. The molecule has 0 fully saturated rings. The molecule has 1 N–H and O–H groups in total. The summed E-state index contributed by atoms with van der Waals surface area (Å²) in [6.07, 6.45) is 2.11. The summed E-state index contributed by atoms with van der Waals surface area (Å²) in [7, 11) is 0. The molecule has 250 valence electrons. The first kappa shape index (κ1) is 34.7. The molecule has 0 aliphatic rings. The Morgan fingerprint density at radius 3 is 1.47 bits per heavy atom. The molecule has 0 atom stereocenters. The van der Waals surface area contributed by atoms with Crippen LogP contribution in [0.5, 0.6) is 5.75 Å². The maximum atomic E-state index is 15.6. The predicted molar refractivity (Wildman–Crippen MR) is 201 cm³/mol. The Labute approximate surface area is 283 Å². The number of hydrogen-bond donors (Lipinski definition) is 1. The second-order valence-corrected chi connectivity index (χ2v) is 18.7. The minimum Gasteiger partial charge on any atom is -0.507 e. The van der Waals surface area contributed by atoms with Crippen LogP contribution in [-0.4, -0.2) is 9.67 Å². The lowest BCUT2D eigenvalue weighted by Gasteiger charge is -2.33. The first-order chi connectivity index (χ1) is 21.5. The molecule has 4 aromatic carbocycles. The molecule has 0 bridgehead atoms. The molecular formula is C44H56FNO. The molecule has 1 aromatic heterocycles. The summed E-state index contributed by atoms with van der Waals surface area (Å²) in [5, 5.41) is 13.3. The standard InChI is InChI=1S/C44H56FNO/c1-40(2,3)26-43(10,11)30-14-17-37-35(23-30)36-24-31(44(12,13)27-41(4,5)6)15-18-38(36)46(37)33-21-28(20-32(45)25-33)34-22-29(42(7,8)9)16-19-39(34)47/h14-25,47H,26-27H2,1-13H3. The molecule has 0 aliphatic carbocycles. The minimum atomic E-state index is -0.334. The number of phenols is 1. The molecule has 0 radical (unpaired) electrons. The van der Waals surface area contributed by atoms with Crippen molar-refractivity contribution in [2.75, 3.05) is 0 Å². The number of halogens is 1. The molecular weight excluding hydrogens is 577 g/mol. The molecule has 0 unspecified atom stereocenters. The van der Waals surface area contributed by atoms with Gasteiger partial charge in [-0.1, -0.05) is 108 Å². The van der Waals surface area contributed by atoms with Gasteiger partial charge >= 0.3 is 0 Å². The molecule has 3 heteroatoms. The van der Waals surface area contributed by atoms with Crippen LogP contribution in [0.15, 0.2) is 72.8 Å². The van der Waals surface area contributed by atoms with Gasteiger partial charge in [-0.05, 0) is 117 Å². The van der Waals surface area contributed by atoms with Crippen LogP contribution in [0.25, 0.3) is 38.6 Å². The Kier molecular flexibility index (Phi) is 8.52. The fraction of sp³-hybridized carbons (Fsp3) is 0.455. The zero-order chi connectivity index (χ0) is 34.9. The van der Waals surface area contributed by atoms with Gasteiger partial charge in [0.25, 0.3) is 0 Å². The SMILES string of the molecule is CC(C)(C)CC(C)(C)c1ccc2c(c1)c1cc(C(C)(C)CC(C)(C)C)ccc1n2-c1cc(F)cc(-c2cc(C(C)(C)C)ccc2O)c1. The molecule has 47 heavy (non-hydrogen) atoms. The zero-order valence-corrected chi connectivity index (χ0v) is 31.1. The first-order valence-corrected chi connectivity index (χ1v) is 17.2. The molecule has 0 saturated carbocycles. The maximum Gasteiger partial charge on any atom is 0.125 e. The van der Waals surface area contributed by atoms with E-state index < -0.39 is 0 Å². The van der Waals surface area contributed by atoms with Crippen LogP contribution in [0, 0.1) is 16.6 Å². The highest BCUT2D eigenvalue weighted by Crippen LogP contribution is 2.43. The Bertz CT molecular complexity index is 1860. The lowest BCUT2D eigenvalue weighted by atomic mass is 9.71. The van der Waals surface area contributed by atoms with Gasteiger partial charge in [0.1, 0.15) is 11.6 Å². The third-order valence-electron chi connectivity index (χ3n) is 9.59. The average molecular weight is 634 g/mol. The number of rotatable bonds is 6. The maximum absolute atomic E-state index is 15.6. The molecule has 0 spiro atoms. The van der Waals surface area contributed by atoms with E-state index in [-0.39, 0.29) is 38.6 Å². The van der Waals surface area contributed by atoms with Gasteiger partial charge in [0.2, 0.25) is 0 Å². The number of benzene rings is 4. The van der Waals surface area contributed by atoms with Crippen molar-refractivity contribution >= 4 is 21.8 Å². The largest absolute Gasteiger partial charge is 0.507 e. The van der Waals surface area contributed by atoms with Crippen LogP contribution in [0.4, 0.5) is 4.39 Å². The van der Waals surface area contributed by atoms with E-state index in [2.05, 4.69) is 131 Å². The van der Waals surface area contributed by atoms with E-state index >= 15 is 4.39 Å². The van der Waals surface area contributed by atoms with Gasteiger partial charge < -0.3 is 9.67 Å². The van der Waals surface area contributed by atoms with Gasteiger partial charge in [0.05, 0.1) is 11.0 Å². The van der Waals surface area contributed by atoms with Crippen molar-refractivity contribution in [2.45, 2.75) is 119 Å². The highest BCUT2D eigenvalue weighted by molar-refractivity contribution is 6.10. The van der Waals surface area contributed by atoms with E-state index in [1.54, 1.807) is 12.1 Å². The zero-order valence-electron chi connectivity index (χ0n) is 31.1. The number of fused-ring (bicyclic) bond motifs is 3. The highest BCUT2D eigenvalue weighted by Gasteiger charge is 2.30. The van der Waals surface area contributed by atoms with Crippen molar-refractivity contribution in [1.82, 2.24) is 4.57 Å². The van der Waals surface area contributed by atoms with E-state index in [1.165, 1.54) is 28.0 Å². The number of aromatic nitrogens is 1. The third-order valence-corrected chi connectivity index (χ3v) is 9.59. The smallest absolute Gasteiger partial charge is 0.125 e. The number of nitrogens with zero attached hydrogens (tertiary/aromatic N) is 1. The molecule has 2 nitrogen and oxygen atoms in total. The fourth-order valence-electron chi connectivity index (χ4n) is 8.09. The Balaban J connectivity index is 1.79. The van der Waals surface area contributed by atoms with E-state index in [4.69, 9.17) is 0 Å². The summed E-state index contributed by atoms with van der Waals surface area (Å²) in [6, 6.07) is 24.5. The summed E-state index contributed by atoms with van der Waals surface area (Å²) in [4.78, 5) is 0. The van der Waals surface area contributed by atoms with Crippen molar-refractivity contribution < 1.29 is 9.50 Å². The van der Waals surface area contributed by atoms with E-state index in [0.717, 1.165) is 35.1 Å². The highest BCUT2D eigenvalue weighted by atomic mass is 19.1. The van der Waals surface area contributed by atoms with Gasteiger partial charge in [0.15, 0.2) is 0 Å². The summed E-state index contributed by atoms with van der Waals surface area (Å²) < 4.78 is 17.8. The molecule has 5 rings (SSSR count). The van der Waals surface area contributed by atoms with Gasteiger partial charge in [-0.2, -0.15) is 0 Å². The van der Waals surface area contributed by atoms with E-state index in [9.17, 15) is 5.11 Å². The topological polar surface area (TPSA) is 25.2 Å². The Morgan fingerprint density at radius 2 is 1.02 bits per heavy atom.